The summed E-state index contributed by atoms with van der Waals surface area (Å²) >= 11 is 0. The second-order valence-electron chi connectivity index (χ2n) is 4.99. The Labute approximate surface area is 107 Å². The van der Waals surface area contributed by atoms with Crippen molar-refractivity contribution in [3.05, 3.63) is 24.2 Å². The molecule has 2 heterocycles. The summed E-state index contributed by atoms with van der Waals surface area (Å²) in [6.07, 6.45) is 2.07. The summed E-state index contributed by atoms with van der Waals surface area (Å²) in [6.45, 7) is 4.80. The van der Waals surface area contributed by atoms with Crippen LogP contribution in [0, 0.1) is 0 Å². The van der Waals surface area contributed by atoms with E-state index in [1.807, 2.05) is 12.1 Å². The van der Waals surface area contributed by atoms with Gasteiger partial charge in [-0.25, -0.2) is 0 Å². The molecular formula is C13H21NO4. The SMILES string of the molecule is CC1(NCC(O)COCc2ccco2)CCOC1. The molecule has 0 radical (unpaired) electrons. The quantitative estimate of drug-likeness (QED) is 0.758. The molecule has 0 bridgehead atoms. The molecule has 0 aliphatic carbocycles. The highest BCUT2D eigenvalue weighted by molar-refractivity contribution is 4.96. The lowest BCUT2D eigenvalue weighted by Crippen LogP contribution is -2.47. The highest BCUT2D eigenvalue weighted by Crippen LogP contribution is 2.17. The Hall–Kier alpha value is -0.880. The summed E-state index contributed by atoms with van der Waals surface area (Å²) < 4.78 is 15.8. The molecule has 2 atom stereocenters. The van der Waals surface area contributed by atoms with E-state index in [2.05, 4.69) is 12.2 Å². The highest BCUT2D eigenvalue weighted by atomic mass is 16.5. The fourth-order valence-corrected chi connectivity index (χ4v) is 1.92. The van der Waals surface area contributed by atoms with Gasteiger partial charge >= 0.3 is 0 Å². The molecule has 0 amide bonds. The van der Waals surface area contributed by atoms with E-state index >= 15 is 0 Å². The van der Waals surface area contributed by atoms with Gasteiger partial charge in [0, 0.05) is 18.7 Å². The van der Waals surface area contributed by atoms with Crippen LogP contribution in [0.5, 0.6) is 0 Å². The van der Waals surface area contributed by atoms with Crippen molar-refractivity contribution in [3.63, 3.8) is 0 Å². The number of aliphatic hydroxyl groups excluding tert-OH is 1. The number of rotatable bonds is 7. The zero-order valence-corrected chi connectivity index (χ0v) is 10.7. The van der Waals surface area contributed by atoms with Crippen molar-refractivity contribution in [2.24, 2.45) is 0 Å². The van der Waals surface area contributed by atoms with Crippen molar-refractivity contribution in [3.8, 4) is 0 Å². The number of hydrogen-bond donors (Lipinski definition) is 2. The molecule has 5 heteroatoms. The van der Waals surface area contributed by atoms with Crippen molar-refractivity contribution >= 4 is 0 Å². The van der Waals surface area contributed by atoms with Crippen LogP contribution in [0.3, 0.4) is 0 Å². The van der Waals surface area contributed by atoms with Gasteiger partial charge in [-0.3, -0.25) is 0 Å². The first kappa shape index (κ1) is 13.5. The third-order valence-electron chi connectivity index (χ3n) is 3.12. The number of nitrogens with one attached hydrogen (secondary N) is 1. The lowest BCUT2D eigenvalue weighted by Gasteiger charge is -2.25. The number of aliphatic hydroxyl groups is 1. The minimum Gasteiger partial charge on any atom is -0.467 e. The van der Waals surface area contributed by atoms with Gasteiger partial charge in [0.15, 0.2) is 0 Å². The van der Waals surface area contributed by atoms with E-state index in [1.54, 1.807) is 6.26 Å². The van der Waals surface area contributed by atoms with Gasteiger partial charge in [0.2, 0.25) is 0 Å². The molecular weight excluding hydrogens is 234 g/mol. The van der Waals surface area contributed by atoms with Crippen LogP contribution in [0.2, 0.25) is 0 Å². The van der Waals surface area contributed by atoms with Gasteiger partial charge < -0.3 is 24.3 Å². The second-order valence-corrected chi connectivity index (χ2v) is 4.99. The smallest absolute Gasteiger partial charge is 0.129 e. The maximum absolute atomic E-state index is 9.79. The van der Waals surface area contributed by atoms with Crippen molar-refractivity contribution in [1.82, 2.24) is 5.32 Å². The van der Waals surface area contributed by atoms with E-state index in [0.29, 0.717) is 26.4 Å². The molecule has 0 aromatic carbocycles. The molecule has 1 fully saturated rings. The van der Waals surface area contributed by atoms with Crippen LogP contribution >= 0.6 is 0 Å². The lowest BCUT2D eigenvalue weighted by atomic mass is 10.0. The third kappa shape index (κ3) is 4.10. The Balaban J connectivity index is 1.58. The van der Waals surface area contributed by atoms with E-state index in [4.69, 9.17) is 13.9 Å². The Morgan fingerprint density at radius 3 is 3.17 bits per heavy atom. The number of ether oxygens (including phenoxy) is 2. The molecule has 1 aromatic heterocycles. The van der Waals surface area contributed by atoms with Gasteiger partial charge in [-0.1, -0.05) is 0 Å². The van der Waals surface area contributed by atoms with Gasteiger partial charge in [0.05, 0.1) is 25.6 Å². The maximum Gasteiger partial charge on any atom is 0.129 e. The Bertz CT molecular complexity index is 333. The van der Waals surface area contributed by atoms with Gasteiger partial charge in [-0.05, 0) is 25.5 Å². The molecule has 0 saturated carbocycles. The molecule has 2 rings (SSSR count). The minimum absolute atomic E-state index is 0.0119. The zero-order valence-electron chi connectivity index (χ0n) is 10.7. The van der Waals surface area contributed by atoms with E-state index in [9.17, 15) is 5.11 Å². The highest BCUT2D eigenvalue weighted by Gasteiger charge is 2.29. The monoisotopic (exact) mass is 255 g/mol. The predicted octanol–water partition coefficient (Wildman–Crippen LogP) is 0.926. The van der Waals surface area contributed by atoms with E-state index in [0.717, 1.165) is 18.8 Å². The lowest BCUT2D eigenvalue weighted by molar-refractivity contribution is 0.0189. The van der Waals surface area contributed by atoms with Gasteiger partial charge in [-0.2, -0.15) is 0 Å². The molecule has 1 aliphatic rings. The second kappa shape index (κ2) is 6.33. The van der Waals surface area contributed by atoms with Crippen molar-refractivity contribution in [2.45, 2.75) is 31.6 Å². The fraction of sp³-hybridized carbons (Fsp3) is 0.692. The first-order valence-corrected chi connectivity index (χ1v) is 6.29. The summed E-state index contributed by atoms with van der Waals surface area (Å²) in [4.78, 5) is 0. The normalized spacial score (nSPS) is 25.4. The average molecular weight is 255 g/mol. The van der Waals surface area contributed by atoms with Crippen LogP contribution < -0.4 is 5.32 Å². The first-order chi connectivity index (χ1) is 8.68. The van der Waals surface area contributed by atoms with Crippen molar-refractivity contribution in [2.75, 3.05) is 26.4 Å². The molecule has 1 saturated heterocycles. The number of β-amino-alcohol motifs (C(OH)–C–C–N with tert-alkyl or cyclic N) is 1. The fourth-order valence-electron chi connectivity index (χ4n) is 1.92. The molecule has 2 N–H and O–H groups in total. The first-order valence-electron chi connectivity index (χ1n) is 6.29. The Morgan fingerprint density at radius 2 is 2.50 bits per heavy atom. The average Bonchev–Trinajstić information content (AvgIpc) is 2.99. The van der Waals surface area contributed by atoms with Crippen molar-refractivity contribution in [1.29, 1.82) is 0 Å². The standard InChI is InChI=1S/C13H21NO4/c1-13(4-6-16-10-13)14-7-11(15)8-17-9-12-3-2-5-18-12/h2-3,5,11,14-15H,4,6-10H2,1H3. The molecule has 1 aromatic rings. The molecule has 18 heavy (non-hydrogen) atoms. The number of furan rings is 1. The van der Waals surface area contributed by atoms with E-state index in [-0.39, 0.29) is 5.54 Å². The van der Waals surface area contributed by atoms with E-state index in [1.165, 1.54) is 0 Å². The molecule has 1 aliphatic heterocycles. The molecule has 5 nitrogen and oxygen atoms in total. The Morgan fingerprint density at radius 1 is 1.61 bits per heavy atom. The minimum atomic E-state index is -0.516. The number of hydrogen-bond acceptors (Lipinski definition) is 5. The Kier molecular flexibility index (Phi) is 4.77. The summed E-state index contributed by atoms with van der Waals surface area (Å²) in [5.41, 5.74) is -0.0119. The summed E-state index contributed by atoms with van der Waals surface area (Å²) in [5, 5.41) is 13.1. The largest absolute Gasteiger partial charge is 0.467 e. The molecule has 0 spiro atoms. The van der Waals surface area contributed by atoms with Crippen LogP contribution in [0.1, 0.15) is 19.1 Å². The van der Waals surface area contributed by atoms with Gasteiger partial charge in [0.1, 0.15) is 12.4 Å². The zero-order chi connectivity index (χ0) is 12.8. The maximum atomic E-state index is 9.79. The third-order valence-corrected chi connectivity index (χ3v) is 3.12. The summed E-state index contributed by atoms with van der Waals surface area (Å²) in [6, 6.07) is 3.67. The van der Waals surface area contributed by atoms with Gasteiger partial charge in [-0.15, -0.1) is 0 Å². The summed E-state index contributed by atoms with van der Waals surface area (Å²) in [7, 11) is 0. The van der Waals surface area contributed by atoms with Crippen LogP contribution in [0.25, 0.3) is 0 Å². The van der Waals surface area contributed by atoms with Crippen LogP contribution in [-0.2, 0) is 16.1 Å². The predicted molar refractivity (Wildman–Crippen MR) is 66.2 cm³/mol. The molecule has 2 unspecified atom stereocenters. The van der Waals surface area contributed by atoms with Crippen LogP contribution in [-0.4, -0.2) is 43.1 Å². The van der Waals surface area contributed by atoms with E-state index < -0.39 is 6.10 Å². The van der Waals surface area contributed by atoms with Gasteiger partial charge in [0.25, 0.3) is 0 Å². The van der Waals surface area contributed by atoms with Crippen molar-refractivity contribution < 1.29 is 19.0 Å². The summed E-state index contributed by atoms with van der Waals surface area (Å²) in [5.74, 6) is 0.770. The van der Waals surface area contributed by atoms with Crippen LogP contribution in [0.4, 0.5) is 0 Å². The van der Waals surface area contributed by atoms with Crippen LogP contribution in [0.15, 0.2) is 22.8 Å². The topological polar surface area (TPSA) is 63.9 Å². The molecule has 102 valence electrons.